The smallest absolute Gasteiger partial charge is 0.338 e. The molecule has 0 saturated carbocycles. The number of esters is 1. The van der Waals surface area contributed by atoms with Crippen molar-refractivity contribution in [1.82, 2.24) is 5.32 Å². The Morgan fingerprint density at radius 2 is 2.00 bits per heavy atom. The van der Waals surface area contributed by atoms with Gasteiger partial charge in [0.05, 0.1) is 16.3 Å². The van der Waals surface area contributed by atoms with Crippen molar-refractivity contribution in [2.24, 2.45) is 5.92 Å². The molecular weight excluding hydrogens is 292 g/mol. The van der Waals surface area contributed by atoms with E-state index in [9.17, 15) is 9.59 Å². The number of carbonyl (C=O) groups excluding carboxylic acids is 2. The van der Waals surface area contributed by atoms with Gasteiger partial charge in [0.2, 0.25) is 0 Å². The monoisotopic (exact) mass is 312 g/mol. The van der Waals surface area contributed by atoms with E-state index in [4.69, 9.17) is 22.1 Å². The number of nitrogens with two attached hydrogens (primary N) is 1. The van der Waals surface area contributed by atoms with E-state index in [1.54, 1.807) is 0 Å². The maximum Gasteiger partial charge on any atom is 0.338 e. The molecule has 0 aromatic heterocycles. The van der Waals surface area contributed by atoms with Crippen LogP contribution in [0.5, 0.6) is 0 Å². The number of rotatable bonds is 6. The number of hydrogen-bond acceptors (Lipinski definition) is 4. The third-order valence-corrected chi connectivity index (χ3v) is 3.24. The van der Waals surface area contributed by atoms with Gasteiger partial charge in [-0.25, -0.2) is 4.79 Å². The summed E-state index contributed by atoms with van der Waals surface area (Å²) in [5.41, 5.74) is 6.21. The van der Waals surface area contributed by atoms with Gasteiger partial charge < -0.3 is 15.8 Å². The van der Waals surface area contributed by atoms with Gasteiger partial charge in [-0.3, -0.25) is 4.79 Å². The molecule has 1 aromatic carbocycles. The van der Waals surface area contributed by atoms with Crippen molar-refractivity contribution in [3.05, 3.63) is 28.8 Å². The molecule has 116 valence electrons. The molecule has 0 aliphatic heterocycles. The Hall–Kier alpha value is -1.75. The van der Waals surface area contributed by atoms with E-state index in [0.717, 1.165) is 6.42 Å². The molecule has 1 rings (SSSR count). The molecule has 0 radical (unpaired) electrons. The summed E-state index contributed by atoms with van der Waals surface area (Å²) < 4.78 is 5.10. The molecule has 0 aliphatic rings. The highest BCUT2D eigenvalue weighted by Gasteiger charge is 2.19. The third-order valence-electron chi connectivity index (χ3n) is 2.91. The highest BCUT2D eigenvalue weighted by atomic mass is 35.5. The van der Waals surface area contributed by atoms with Gasteiger partial charge in [0, 0.05) is 6.54 Å². The van der Waals surface area contributed by atoms with Crippen LogP contribution in [0.25, 0.3) is 0 Å². The minimum absolute atomic E-state index is 0.260. The van der Waals surface area contributed by atoms with Crippen molar-refractivity contribution >= 4 is 29.2 Å². The third kappa shape index (κ3) is 5.63. The largest absolute Gasteiger partial charge is 0.449 e. The van der Waals surface area contributed by atoms with Gasteiger partial charge in [0.25, 0.3) is 5.91 Å². The molecule has 21 heavy (non-hydrogen) atoms. The zero-order valence-corrected chi connectivity index (χ0v) is 13.2. The van der Waals surface area contributed by atoms with Gasteiger partial charge in [0.1, 0.15) is 0 Å². The lowest BCUT2D eigenvalue weighted by Crippen LogP contribution is -2.36. The number of amides is 1. The molecule has 0 heterocycles. The van der Waals surface area contributed by atoms with Gasteiger partial charge in [-0.05, 0) is 37.5 Å². The molecule has 5 nitrogen and oxygen atoms in total. The van der Waals surface area contributed by atoms with Crippen molar-refractivity contribution in [3.8, 4) is 0 Å². The Morgan fingerprint density at radius 1 is 1.33 bits per heavy atom. The summed E-state index contributed by atoms with van der Waals surface area (Å²) >= 11 is 5.84. The van der Waals surface area contributed by atoms with Gasteiger partial charge in [-0.15, -0.1) is 0 Å². The Morgan fingerprint density at radius 3 is 2.57 bits per heavy atom. The van der Waals surface area contributed by atoms with E-state index in [-0.39, 0.29) is 16.5 Å². The topological polar surface area (TPSA) is 81.4 Å². The minimum atomic E-state index is -0.860. The van der Waals surface area contributed by atoms with Crippen LogP contribution in [0.1, 0.15) is 37.6 Å². The fourth-order valence-corrected chi connectivity index (χ4v) is 1.74. The highest BCUT2D eigenvalue weighted by molar-refractivity contribution is 6.33. The number of benzene rings is 1. The Labute approximate surface area is 129 Å². The summed E-state index contributed by atoms with van der Waals surface area (Å²) in [4.78, 5) is 23.7. The minimum Gasteiger partial charge on any atom is -0.449 e. The number of nitrogen functional groups attached to an aromatic ring is 1. The second kappa shape index (κ2) is 7.88. The van der Waals surface area contributed by atoms with Crippen molar-refractivity contribution in [2.75, 3.05) is 12.3 Å². The number of hydrogen-bond donors (Lipinski definition) is 2. The quantitative estimate of drug-likeness (QED) is 0.625. The maximum absolute atomic E-state index is 11.9. The normalized spacial score (nSPS) is 12.0. The average Bonchev–Trinajstić information content (AvgIpc) is 2.41. The summed E-state index contributed by atoms with van der Waals surface area (Å²) in [5.74, 6) is -0.422. The standard InChI is InChI=1S/C15H21ClN2O3/c1-9(2)6-7-18-14(19)10(3)21-15(20)11-4-5-13(17)12(16)8-11/h4-5,8-10H,6-7,17H2,1-3H3,(H,18,19). The van der Waals surface area contributed by atoms with Gasteiger partial charge in [-0.1, -0.05) is 25.4 Å². The first-order valence-electron chi connectivity index (χ1n) is 6.85. The Bertz CT molecular complexity index is 518. The van der Waals surface area contributed by atoms with E-state index in [1.165, 1.54) is 25.1 Å². The molecule has 0 fully saturated rings. The molecule has 3 N–H and O–H groups in total. The van der Waals surface area contributed by atoms with Crippen LogP contribution in [0.4, 0.5) is 5.69 Å². The lowest BCUT2D eigenvalue weighted by Gasteiger charge is -2.14. The number of halogens is 1. The van der Waals surface area contributed by atoms with Crippen molar-refractivity contribution in [2.45, 2.75) is 33.3 Å². The van der Waals surface area contributed by atoms with Crippen LogP contribution in [0.3, 0.4) is 0 Å². The van der Waals surface area contributed by atoms with Crippen LogP contribution in [0.2, 0.25) is 5.02 Å². The highest BCUT2D eigenvalue weighted by Crippen LogP contribution is 2.20. The molecule has 0 aliphatic carbocycles. The molecule has 0 bridgehead atoms. The van der Waals surface area contributed by atoms with E-state index in [0.29, 0.717) is 18.2 Å². The Balaban J connectivity index is 2.53. The Kier molecular flexibility index (Phi) is 6.49. The molecule has 1 amide bonds. The summed E-state index contributed by atoms with van der Waals surface area (Å²) in [7, 11) is 0. The molecule has 0 saturated heterocycles. The number of nitrogens with one attached hydrogen (secondary N) is 1. The molecule has 6 heteroatoms. The fourth-order valence-electron chi connectivity index (χ4n) is 1.56. The van der Waals surface area contributed by atoms with Crippen LogP contribution in [0, 0.1) is 5.92 Å². The van der Waals surface area contributed by atoms with Crippen molar-refractivity contribution in [1.29, 1.82) is 0 Å². The van der Waals surface area contributed by atoms with E-state index in [2.05, 4.69) is 19.2 Å². The SMILES string of the molecule is CC(C)CCNC(=O)C(C)OC(=O)c1ccc(N)c(Cl)c1. The predicted molar refractivity (Wildman–Crippen MR) is 83.2 cm³/mol. The van der Waals surface area contributed by atoms with Gasteiger partial charge in [-0.2, -0.15) is 0 Å². The summed E-state index contributed by atoms with van der Waals surface area (Å²) in [6.07, 6.45) is 0.0148. The molecule has 0 spiro atoms. The van der Waals surface area contributed by atoms with Gasteiger partial charge >= 0.3 is 5.97 Å². The first-order chi connectivity index (χ1) is 9.81. The van der Waals surface area contributed by atoms with Crippen molar-refractivity contribution in [3.63, 3.8) is 0 Å². The van der Waals surface area contributed by atoms with Gasteiger partial charge in [0.15, 0.2) is 6.10 Å². The van der Waals surface area contributed by atoms with Crippen LogP contribution >= 0.6 is 11.6 Å². The fraction of sp³-hybridized carbons (Fsp3) is 0.467. The molecular formula is C15H21ClN2O3. The summed E-state index contributed by atoms with van der Waals surface area (Å²) in [6.45, 7) is 6.23. The van der Waals surface area contributed by atoms with Crippen molar-refractivity contribution < 1.29 is 14.3 Å². The molecule has 1 unspecified atom stereocenters. The summed E-state index contributed by atoms with van der Waals surface area (Å²) in [6, 6.07) is 4.45. The molecule has 1 atom stereocenters. The van der Waals surface area contributed by atoms with E-state index >= 15 is 0 Å². The predicted octanol–water partition coefficient (Wildman–Crippen LogP) is 2.63. The lowest BCUT2D eigenvalue weighted by molar-refractivity contribution is -0.129. The van der Waals surface area contributed by atoms with Crippen LogP contribution < -0.4 is 11.1 Å². The average molecular weight is 313 g/mol. The van der Waals surface area contributed by atoms with Crippen LogP contribution in [0.15, 0.2) is 18.2 Å². The summed E-state index contributed by atoms with van der Waals surface area (Å²) in [5, 5.41) is 3.01. The maximum atomic E-state index is 11.9. The zero-order valence-electron chi connectivity index (χ0n) is 12.5. The van der Waals surface area contributed by atoms with Crippen LogP contribution in [-0.4, -0.2) is 24.5 Å². The van der Waals surface area contributed by atoms with E-state index < -0.39 is 12.1 Å². The number of carbonyl (C=O) groups is 2. The van der Waals surface area contributed by atoms with E-state index in [1.807, 2.05) is 0 Å². The molecule has 1 aromatic rings. The number of ether oxygens (including phenoxy) is 1. The first-order valence-corrected chi connectivity index (χ1v) is 7.22. The second-order valence-electron chi connectivity index (χ2n) is 5.26. The lowest BCUT2D eigenvalue weighted by atomic mass is 10.1. The van der Waals surface area contributed by atoms with Crippen LogP contribution in [-0.2, 0) is 9.53 Å². The number of anilines is 1. The second-order valence-corrected chi connectivity index (χ2v) is 5.66. The zero-order chi connectivity index (χ0) is 16.0. The first kappa shape index (κ1) is 17.3.